The summed E-state index contributed by atoms with van der Waals surface area (Å²) in [6.45, 7) is 3.75. The van der Waals surface area contributed by atoms with Crippen molar-refractivity contribution in [2.75, 3.05) is 32.7 Å². The van der Waals surface area contributed by atoms with Crippen molar-refractivity contribution in [2.45, 2.75) is 44.2 Å². The van der Waals surface area contributed by atoms with Crippen molar-refractivity contribution in [1.82, 2.24) is 15.1 Å². The van der Waals surface area contributed by atoms with Crippen LogP contribution < -0.4 is 5.32 Å². The molecule has 1 aliphatic carbocycles. The van der Waals surface area contributed by atoms with Gasteiger partial charge in [0.05, 0.1) is 12.6 Å². The number of benzene rings is 1. The first-order chi connectivity index (χ1) is 13.0. The SMILES string of the molecule is N#CC1(NC(=O)CN2CCN(Cc3c(F)cccc3Cl)CC2)CCCCC1. The van der Waals surface area contributed by atoms with Crippen molar-refractivity contribution in [1.29, 1.82) is 5.26 Å². The van der Waals surface area contributed by atoms with Crippen LogP contribution in [0.25, 0.3) is 0 Å². The average Bonchev–Trinajstić information content (AvgIpc) is 2.67. The third-order valence-corrected chi connectivity index (χ3v) is 5.93. The summed E-state index contributed by atoms with van der Waals surface area (Å²) in [5.41, 5.74) is -0.155. The molecule has 146 valence electrons. The van der Waals surface area contributed by atoms with Gasteiger partial charge in [-0.2, -0.15) is 5.26 Å². The number of nitrogens with one attached hydrogen (secondary N) is 1. The van der Waals surface area contributed by atoms with Gasteiger partial charge in [-0.3, -0.25) is 14.6 Å². The van der Waals surface area contributed by atoms with E-state index in [1.165, 1.54) is 6.07 Å². The number of nitrogens with zero attached hydrogens (tertiary/aromatic N) is 3. The van der Waals surface area contributed by atoms with Gasteiger partial charge in [0.1, 0.15) is 11.4 Å². The molecule has 0 radical (unpaired) electrons. The second kappa shape index (κ2) is 9.01. The summed E-state index contributed by atoms with van der Waals surface area (Å²) in [5, 5.41) is 12.9. The lowest BCUT2D eigenvalue weighted by Crippen LogP contribution is -2.54. The quantitative estimate of drug-likeness (QED) is 0.837. The highest BCUT2D eigenvalue weighted by Gasteiger charge is 2.34. The van der Waals surface area contributed by atoms with E-state index in [9.17, 15) is 14.4 Å². The zero-order valence-electron chi connectivity index (χ0n) is 15.5. The standard InChI is InChI=1S/C20H26ClFN4O/c21-17-5-4-6-18(22)16(17)13-25-9-11-26(12-10-25)14-19(27)24-20(15-23)7-2-1-3-8-20/h4-6H,1-3,7-14H2,(H,24,27). The van der Waals surface area contributed by atoms with E-state index in [-0.39, 0.29) is 11.7 Å². The van der Waals surface area contributed by atoms with Crippen molar-refractivity contribution in [3.05, 3.63) is 34.6 Å². The van der Waals surface area contributed by atoms with Gasteiger partial charge in [-0.25, -0.2) is 4.39 Å². The fourth-order valence-electron chi connectivity index (χ4n) is 3.94. The molecule has 3 rings (SSSR count). The monoisotopic (exact) mass is 392 g/mol. The van der Waals surface area contributed by atoms with Gasteiger partial charge in [0.25, 0.3) is 0 Å². The van der Waals surface area contributed by atoms with E-state index in [4.69, 9.17) is 11.6 Å². The van der Waals surface area contributed by atoms with Crippen molar-refractivity contribution < 1.29 is 9.18 Å². The van der Waals surface area contributed by atoms with Crippen LogP contribution in [0.1, 0.15) is 37.7 Å². The van der Waals surface area contributed by atoms with Gasteiger partial charge in [0.2, 0.25) is 5.91 Å². The number of amides is 1. The number of halogens is 2. The van der Waals surface area contributed by atoms with Crippen LogP contribution in [0.15, 0.2) is 18.2 Å². The van der Waals surface area contributed by atoms with Gasteiger partial charge in [0.15, 0.2) is 0 Å². The number of hydrogen-bond acceptors (Lipinski definition) is 4. The van der Waals surface area contributed by atoms with Crippen LogP contribution in [0.4, 0.5) is 4.39 Å². The first kappa shape index (κ1) is 20.1. The lowest BCUT2D eigenvalue weighted by Gasteiger charge is -2.36. The molecule has 1 N–H and O–H groups in total. The number of nitriles is 1. The Labute approximate surface area is 165 Å². The molecule has 1 amide bonds. The Morgan fingerprint density at radius 3 is 2.48 bits per heavy atom. The van der Waals surface area contributed by atoms with E-state index >= 15 is 0 Å². The molecule has 0 aromatic heterocycles. The molecule has 2 aliphatic rings. The van der Waals surface area contributed by atoms with Crippen molar-refractivity contribution >= 4 is 17.5 Å². The van der Waals surface area contributed by atoms with Crippen LogP contribution in [0.5, 0.6) is 0 Å². The van der Waals surface area contributed by atoms with Gasteiger partial charge in [-0.1, -0.05) is 36.9 Å². The molecule has 0 atom stereocenters. The van der Waals surface area contributed by atoms with Gasteiger partial charge >= 0.3 is 0 Å². The molecule has 2 fully saturated rings. The Morgan fingerprint density at radius 2 is 1.85 bits per heavy atom. The summed E-state index contributed by atoms with van der Waals surface area (Å²) in [7, 11) is 0. The van der Waals surface area contributed by atoms with Crippen molar-refractivity contribution in [2.24, 2.45) is 0 Å². The Balaban J connectivity index is 1.46. The highest BCUT2D eigenvalue weighted by Crippen LogP contribution is 2.27. The van der Waals surface area contributed by atoms with Crippen LogP contribution in [0.3, 0.4) is 0 Å². The van der Waals surface area contributed by atoms with E-state index in [1.807, 2.05) is 0 Å². The molecule has 5 nitrogen and oxygen atoms in total. The van der Waals surface area contributed by atoms with Gasteiger partial charge in [-0.05, 0) is 25.0 Å². The van der Waals surface area contributed by atoms with Crippen LogP contribution in [-0.2, 0) is 11.3 Å². The van der Waals surface area contributed by atoms with Crippen LogP contribution in [-0.4, -0.2) is 54.0 Å². The molecule has 1 aromatic rings. The van der Waals surface area contributed by atoms with E-state index < -0.39 is 5.54 Å². The largest absolute Gasteiger partial charge is 0.337 e. The molecule has 1 saturated carbocycles. The second-order valence-electron chi connectivity index (χ2n) is 7.56. The normalized spacial score (nSPS) is 20.8. The molecular formula is C20H26ClFN4O. The molecule has 1 heterocycles. The van der Waals surface area contributed by atoms with Gasteiger partial charge in [-0.15, -0.1) is 0 Å². The average molecular weight is 393 g/mol. The zero-order chi connectivity index (χ0) is 19.3. The molecule has 1 aromatic carbocycles. The Kier molecular flexibility index (Phi) is 6.69. The van der Waals surface area contributed by atoms with E-state index in [0.717, 1.165) is 58.3 Å². The first-order valence-electron chi connectivity index (χ1n) is 9.61. The fourth-order valence-corrected chi connectivity index (χ4v) is 4.16. The Bertz CT molecular complexity index is 686. The molecule has 7 heteroatoms. The van der Waals surface area contributed by atoms with Crippen LogP contribution in [0, 0.1) is 17.1 Å². The number of carbonyl (C=O) groups is 1. The minimum atomic E-state index is -0.682. The van der Waals surface area contributed by atoms with E-state index in [1.54, 1.807) is 12.1 Å². The molecule has 0 spiro atoms. The maximum Gasteiger partial charge on any atom is 0.235 e. The zero-order valence-corrected chi connectivity index (χ0v) is 16.3. The second-order valence-corrected chi connectivity index (χ2v) is 7.96. The molecule has 0 unspecified atom stereocenters. The summed E-state index contributed by atoms with van der Waals surface area (Å²) in [5.74, 6) is -0.359. The number of piperazine rings is 1. The topological polar surface area (TPSA) is 59.4 Å². The molecule has 1 saturated heterocycles. The maximum atomic E-state index is 13.9. The minimum Gasteiger partial charge on any atom is -0.337 e. The maximum absolute atomic E-state index is 13.9. The molecular weight excluding hydrogens is 367 g/mol. The number of hydrogen-bond donors (Lipinski definition) is 1. The summed E-state index contributed by atoms with van der Waals surface area (Å²) in [6.07, 6.45) is 4.60. The lowest BCUT2D eigenvalue weighted by molar-refractivity contribution is -0.124. The summed E-state index contributed by atoms with van der Waals surface area (Å²) in [4.78, 5) is 16.7. The van der Waals surface area contributed by atoms with Crippen LogP contribution >= 0.6 is 11.6 Å². The predicted molar refractivity (Wildman–Crippen MR) is 103 cm³/mol. The summed E-state index contributed by atoms with van der Waals surface area (Å²) < 4.78 is 13.9. The first-order valence-corrected chi connectivity index (χ1v) is 9.99. The third-order valence-electron chi connectivity index (χ3n) is 5.58. The minimum absolute atomic E-state index is 0.0796. The molecule has 0 bridgehead atoms. The van der Waals surface area contributed by atoms with Gasteiger partial charge < -0.3 is 5.32 Å². The number of carbonyl (C=O) groups excluding carboxylic acids is 1. The molecule has 27 heavy (non-hydrogen) atoms. The van der Waals surface area contributed by atoms with Crippen molar-refractivity contribution in [3.8, 4) is 6.07 Å². The van der Waals surface area contributed by atoms with Gasteiger partial charge in [0, 0.05) is 43.3 Å². The lowest BCUT2D eigenvalue weighted by atomic mass is 9.83. The highest BCUT2D eigenvalue weighted by molar-refractivity contribution is 6.31. The van der Waals surface area contributed by atoms with Crippen LogP contribution in [0.2, 0.25) is 5.02 Å². The number of rotatable bonds is 5. The smallest absolute Gasteiger partial charge is 0.235 e. The van der Waals surface area contributed by atoms with E-state index in [0.29, 0.717) is 23.7 Å². The summed E-state index contributed by atoms with van der Waals surface area (Å²) >= 11 is 6.11. The van der Waals surface area contributed by atoms with Crippen molar-refractivity contribution in [3.63, 3.8) is 0 Å². The molecule has 1 aliphatic heterocycles. The Hall–Kier alpha value is -1.68. The fraction of sp³-hybridized carbons (Fsp3) is 0.600. The van der Waals surface area contributed by atoms with E-state index in [2.05, 4.69) is 21.2 Å². The Morgan fingerprint density at radius 1 is 1.19 bits per heavy atom. The predicted octanol–water partition coefficient (Wildman–Crippen LogP) is 2.94. The highest BCUT2D eigenvalue weighted by atomic mass is 35.5. The third kappa shape index (κ3) is 5.19. The summed E-state index contributed by atoms with van der Waals surface area (Å²) in [6, 6.07) is 7.07.